The van der Waals surface area contributed by atoms with Crippen LogP contribution in [0.3, 0.4) is 0 Å². The summed E-state index contributed by atoms with van der Waals surface area (Å²) in [5, 5.41) is 12.2. The summed E-state index contributed by atoms with van der Waals surface area (Å²) < 4.78 is 0. The second-order valence-electron chi connectivity index (χ2n) is 3.26. The Morgan fingerprint density at radius 1 is 1.29 bits per heavy atom. The Kier molecular flexibility index (Phi) is 7.89. The largest absolute Gasteiger partial charge is 0.464 e. The number of rotatable bonds is 7. The van der Waals surface area contributed by atoms with Crippen molar-refractivity contribution in [2.75, 3.05) is 0 Å². The fraction of sp³-hybridized carbons (Fsp3) is 0.800. The van der Waals surface area contributed by atoms with Crippen molar-refractivity contribution in [2.45, 2.75) is 52.4 Å². The van der Waals surface area contributed by atoms with Crippen molar-refractivity contribution < 1.29 is 9.90 Å². The SMILES string of the molecule is CCCCCC/C(CC)=N\NC(=O)O. The first kappa shape index (κ1) is 12.9. The van der Waals surface area contributed by atoms with Gasteiger partial charge in [0.15, 0.2) is 0 Å². The molecule has 0 aliphatic rings. The van der Waals surface area contributed by atoms with Crippen LogP contribution >= 0.6 is 0 Å². The van der Waals surface area contributed by atoms with E-state index in [1.54, 1.807) is 0 Å². The first-order valence-corrected chi connectivity index (χ1v) is 5.25. The van der Waals surface area contributed by atoms with Crippen molar-refractivity contribution in [3.05, 3.63) is 0 Å². The number of carbonyl (C=O) groups is 1. The van der Waals surface area contributed by atoms with Crippen LogP contribution in [0.25, 0.3) is 0 Å². The Bertz CT molecular complexity index is 191. The second kappa shape index (κ2) is 8.53. The third-order valence-corrected chi connectivity index (χ3v) is 2.04. The van der Waals surface area contributed by atoms with Gasteiger partial charge in [0, 0.05) is 5.71 Å². The molecule has 82 valence electrons. The number of carboxylic acid groups (broad SMARTS) is 1. The average Bonchev–Trinajstić information content (AvgIpc) is 2.16. The molecule has 1 amide bonds. The molecular weight excluding hydrogens is 180 g/mol. The molecule has 0 radical (unpaired) electrons. The van der Waals surface area contributed by atoms with Gasteiger partial charge in [-0.05, 0) is 19.3 Å². The maximum Gasteiger partial charge on any atom is 0.425 e. The van der Waals surface area contributed by atoms with Crippen molar-refractivity contribution in [3.8, 4) is 0 Å². The smallest absolute Gasteiger partial charge is 0.425 e. The van der Waals surface area contributed by atoms with E-state index in [1.807, 2.05) is 12.3 Å². The molecule has 0 atom stereocenters. The first-order valence-electron chi connectivity index (χ1n) is 5.25. The molecule has 0 bridgehead atoms. The molecule has 0 aliphatic heterocycles. The molecule has 0 spiro atoms. The number of hydrogen-bond acceptors (Lipinski definition) is 2. The summed E-state index contributed by atoms with van der Waals surface area (Å²) in [6, 6.07) is 0. The molecule has 0 rings (SSSR count). The molecule has 0 saturated carbocycles. The van der Waals surface area contributed by atoms with Crippen molar-refractivity contribution >= 4 is 11.8 Å². The van der Waals surface area contributed by atoms with Gasteiger partial charge in [-0.2, -0.15) is 5.10 Å². The highest BCUT2D eigenvalue weighted by molar-refractivity contribution is 5.85. The van der Waals surface area contributed by atoms with Gasteiger partial charge in [-0.1, -0.05) is 33.1 Å². The molecule has 2 N–H and O–H groups in total. The van der Waals surface area contributed by atoms with Crippen LogP contribution in [0.15, 0.2) is 5.10 Å². The van der Waals surface area contributed by atoms with Gasteiger partial charge in [0.1, 0.15) is 0 Å². The normalized spacial score (nSPS) is 11.4. The van der Waals surface area contributed by atoms with Gasteiger partial charge >= 0.3 is 6.09 Å². The monoisotopic (exact) mass is 200 g/mol. The summed E-state index contributed by atoms with van der Waals surface area (Å²) in [7, 11) is 0. The molecule has 4 heteroatoms. The number of amides is 1. The van der Waals surface area contributed by atoms with Gasteiger partial charge < -0.3 is 5.11 Å². The predicted molar refractivity (Wildman–Crippen MR) is 57.6 cm³/mol. The predicted octanol–water partition coefficient (Wildman–Crippen LogP) is 2.99. The van der Waals surface area contributed by atoms with Crippen LogP contribution in [-0.2, 0) is 0 Å². The van der Waals surface area contributed by atoms with Crippen LogP contribution in [-0.4, -0.2) is 16.9 Å². The Morgan fingerprint density at radius 3 is 2.50 bits per heavy atom. The van der Waals surface area contributed by atoms with Crippen LogP contribution in [0.2, 0.25) is 0 Å². The van der Waals surface area contributed by atoms with E-state index in [0.29, 0.717) is 0 Å². The topological polar surface area (TPSA) is 61.7 Å². The van der Waals surface area contributed by atoms with Gasteiger partial charge in [0.2, 0.25) is 0 Å². The number of nitrogens with zero attached hydrogens (tertiary/aromatic N) is 1. The molecule has 14 heavy (non-hydrogen) atoms. The van der Waals surface area contributed by atoms with Crippen molar-refractivity contribution in [1.82, 2.24) is 5.43 Å². The molecule has 0 aromatic heterocycles. The van der Waals surface area contributed by atoms with E-state index in [9.17, 15) is 4.79 Å². The van der Waals surface area contributed by atoms with Crippen LogP contribution in [0, 0.1) is 0 Å². The molecule has 0 aliphatic carbocycles. The number of unbranched alkanes of at least 4 members (excludes halogenated alkanes) is 3. The van der Waals surface area contributed by atoms with Crippen LogP contribution < -0.4 is 5.43 Å². The van der Waals surface area contributed by atoms with Crippen molar-refractivity contribution in [2.24, 2.45) is 5.10 Å². The molecule has 0 saturated heterocycles. The lowest BCUT2D eigenvalue weighted by atomic mass is 10.1. The zero-order chi connectivity index (χ0) is 10.8. The van der Waals surface area contributed by atoms with Crippen LogP contribution in [0.1, 0.15) is 52.4 Å². The number of hydrazone groups is 1. The minimum Gasteiger partial charge on any atom is -0.464 e. The molecule has 0 heterocycles. The molecular formula is C10H20N2O2. The molecule has 4 nitrogen and oxygen atoms in total. The first-order chi connectivity index (χ1) is 6.70. The van der Waals surface area contributed by atoms with E-state index in [-0.39, 0.29) is 0 Å². The zero-order valence-electron chi connectivity index (χ0n) is 9.05. The Balaban J connectivity index is 3.67. The molecule has 0 fully saturated rings. The van der Waals surface area contributed by atoms with Crippen LogP contribution in [0.5, 0.6) is 0 Å². The van der Waals surface area contributed by atoms with E-state index in [1.165, 1.54) is 19.3 Å². The van der Waals surface area contributed by atoms with Gasteiger partial charge in [-0.3, -0.25) is 0 Å². The molecule has 0 unspecified atom stereocenters. The zero-order valence-corrected chi connectivity index (χ0v) is 9.05. The Hall–Kier alpha value is -1.06. The van der Waals surface area contributed by atoms with E-state index in [4.69, 9.17) is 5.11 Å². The highest BCUT2D eigenvalue weighted by atomic mass is 16.4. The summed E-state index contributed by atoms with van der Waals surface area (Å²) in [4.78, 5) is 10.2. The highest BCUT2D eigenvalue weighted by Gasteiger charge is 1.98. The third kappa shape index (κ3) is 7.58. The summed E-state index contributed by atoms with van der Waals surface area (Å²) in [6.07, 6.45) is 5.37. The lowest BCUT2D eigenvalue weighted by Crippen LogP contribution is -2.16. The summed E-state index contributed by atoms with van der Waals surface area (Å²) in [5.74, 6) is 0. The standard InChI is InChI=1S/C10H20N2O2/c1-3-5-6-7-8-9(4-2)11-12-10(13)14/h12H,3-8H2,1-2H3,(H,13,14)/b11-9-. The van der Waals surface area contributed by atoms with Crippen molar-refractivity contribution in [3.63, 3.8) is 0 Å². The summed E-state index contributed by atoms with van der Waals surface area (Å²) in [6.45, 7) is 4.16. The lowest BCUT2D eigenvalue weighted by molar-refractivity contribution is 0.195. The number of nitrogens with one attached hydrogen (secondary N) is 1. The Morgan fingerprint density at radius 2 is 2.00 bits per heavy atom. The van der Waals surface area contributed by atoms with Gasteiger partial charge in [-0.15, -0.1) is 0 Å². The van der Waals surface area contributed by atoms with Crippen molar-refractivity contribution in [1.29, 1.82) is 0 Å². The van der Waals surface area contributed by atoms with E-state index < -0.39 is 6.09 Å². The molecule has 0 aromatic rings. The van der Waals surface area contributed by atoms with Gasteiger partial charge in [-0.25, -0.2) is 10.2 Å². The van der Waals surface area contributed by atoms with E-state index in [2.05, 4.69) is 12.0 Å². The molecule has 0 aromatic carbocycles. The second-order valence-corrected chi connectivity index (χ2v) is 3.26. The van der Waals surface area contributed by atoms with Gasteiger partial charge in [0.05, 0.1) is 0 Å². The quantitative estimate of drug-likeness (QED) is 0.377. The van der Waals surface area contributed by atoms with E-state index in [0.717, 1.165) is 25.0 Å². The average molecular weight is 200 g/mol. The summed E-state index contributed by atoms with van der Waals surface area (Å²) >= 11 is 0. The fourth-order valence-electron chi connectivity index (χ4n) is 1.19. The number of hydrogen-bond donors (Lipinski definition) is 2. The Labute approximate surface area is 85.4 Å². The van der Waals surface area contributed by atoms with Crippen LogP contribution in [0.4, 0.5) is 4.79 Å². The third-order valence-electron chi connectivity index (χ3n) is 2.04. The fourth-order valence-corrected chi connectivity index (χ4v) is 1.19. The minimum absolute atomic E-state index is 0.812. The summed E-state index contributed by atoms with van der Waals surface area (Å²) in [5.41, 5.74) is 2.98. The maximum absolute atomic E-state index is 10.2. The van der Waals surface area contributed by atoms with Gasteiger partial charge in [0.25, 0.3) is 0 Å². The maximum atomic E-state index is 10.2. The minimum atomic E-state index is -1.09. The lowest BCUT2D eigenvalue weighted by Gasteiger charge is -2.02. The highest BCUT2D eigenvalue weighted by Crippen LogP contribution is 2.05. The van der Waals surface area contributed by atoms with E-state index >= 15 is 0 Å².